The molecule has 0 radical (unpaired) electrons. The molecule has 164 valence electrons. The second kappa shape index (κ2) is 8.30. The fourth-order valence-corrected chi connectivity index (χ4v) is 5.08. The van der Waals surface area contributed by atoms with Crippen LogP contribution in [0.2, 0.25) is 0 Å². The highest BCUT2D eigenvalue weighted by atomic mass is 16.7. The zero-order chi connectivity index (χ0) is 21.5. The first kappa shape index (κ1) is 21.3. The Kier molecular flexibility index (Phi) is 5.90. The minimum Gasteiger partial charge on any atom is -0.509 e. The summed E-state index contributed by atoms with van der Waals surface area (Å²) in [6, 6.07) is 4.11. The van der Waals surface area contributed by atoms with Crippen molar-refractivity contribution in [3.63, 3.8) is 0 Å². The summed E-state index contributed by atoms with van der Waals surface area (Å²) in [5.41, 5.74) is 3.44. The molecule has 7 nitrogen and oxygen atoms in total. The molecule has 1 spiro atoms. The molecule has 0 unspecified atom stereocenters. The molecule has 0 saturated carbocycles. The molecule has 30 heavy (non-hydrogen) atoms. The van der Waals surface area contributed by atoms with Gasteiger partial charge in [0.1, 0.15) is 11.3 Å². The van der Waals surface area contributed by atoms with Gasteiger partial charge in [-0.15, -0.1) is 0 Å². The lowest BCUT2D eigenvalue weighted by atomic mass is 9.85. The van der Waals surface area contributed by atoms with Gasteiger partial charge in [0.05, 0.1) is 18.8 Å². The Morgan fingerprint density at radius 1 is 1.10 bits per heavy atom. The molecule has 1 amide bonds. The van der Waals surface area contributed by atoms with Gasteiger partial charge in [0.15, 0.2) is 0 Å². The zero-order valence-electron chi connectivity index (χ0n) is 18.4. The van der Waals surface area contributed by atoms with E-state index in [9.17, 15) is 9.90 Å². The summed E-state index contributed by atoms with van der Waals surface area (Å²) < 4.78 is 5.44. The minimum atomic E-state index is -0.858. The predicted molar refractivity (Wildman–Crippen MR) is 113 cm³/mol. The Hall–Kier alpha value is -1.93. The van der Waals surface area contributed by atoms with Gasteiger partial charge in [-0.2, -0.15) is 5.06 Å². The summed E-state index contributed by atoms with van der Waals surface area (Å²) in [5, 5.41) is 14.9. The van der Waals surface area contributed by atoms with E-state index < -0.39 is 5.54 Å². The number of carbonyl (C=O) groups excluding carboxylic acids is 1. The third-order valence-corrected chi connectivity index (χ3v) is 6.62. The standard InChI is InChI=1S/C23H32N2O5/c1-15-13-16(2)19(17(3)14-15)20-21(26)23(7-9-24(28-4)10-8-23)25(22(20)27)30-18-5-11-29-12-6-18/h13-14,18,26H,5-12H2,1-4H3. The molecule has 3 aliphatic rings. The van der Waals surface area contributed by atoms with Gasteiger partial charge in [-0.05, 0) is 63.1 Å². The molecular weight excluding hydrogens is 384 g/mol. The molecule has 0 aliphatic carbocycles. The van der Waals surface area contributed by atoms with E-state index in [4.69, 9.17) is 14.4 Å². The third kappa shape index (κ3) is 3.54. The number of piperidine rings is 1. The largest absolute Gasteiger partial charge is 0.509 e. The van der Waals surface area contributed by atoms with E-state index in [2.05, 4.69) is 12.1 Å². The smallest absolute Gasteiger partial charge is 0.282 e. The van der Waals surface area contributed by atoms with Gasteiger partial charge in [-0.1, -0.05) is 17.7 Å². The van der Waals surface area contributed by atoms with E-state index in [1.807, 2.05) is 25.8 Å². The number of carbonyl (C=O) groups is 1. The lowest BCUT2D eigenvalue weighted by Gasteiger charge is -2.44. The first-order valence-electron chi connectivity index (χ1n) is 10.8. The van der Waals surface area contributed by atoms with Crippen LogP contribution in [0, 0.1) is 20.8 Å². The number of ether oxygens (including phenoxy) is 1. The molecule has 2 saturated heterocycles. The second-order valence-electron chi connectivity index (χ2n) is 8.66. The van der Waals surface area contributed by atoms with Crippen molar-refractivity contribution in [3.8, 4) is 0 Å². The summed E-state index contributed by atoms with van der Waals surface area (Å²) >= 11 is 0. The number of nitrogens with zero attached hydrogens (tertiary/aromatic N) is 2. The summed E-state index contributed by atoms with van der Waals surface area (Å²) in [5.74, 6) is -0.120. The number of amides is 1. The van der Waals surface area contributed by atoms with E-state index in [1.165, 1.54) is 5.06 Å². The molecule has 1 N–H and O–H groups in total. The molecule has 0 aromatic heterocycles. The van der Waals surface area contributed by atoms with Crippen molar-refractivity contribution in [2.24, 2.45) is 0 Å². The topological polar surface area (TPSA) is 71.5 Å². The van der Waals surface area contributed by atoms with Crippen LogP contribution < -0.4 is 0 Å². The first-order valence-corrected chi connectivity index (χ1v) is 10.8. The highest BCUT2D eigenvalue weighted by molar-refractivity contribution is 6.23. The van der Waals surface area contributed by atoms with Crippen LogP contribution in [0.1, 0.15) is 47.9 Å². The average molecular weight is 417 g/mol. The van der Waals surface area contributed by atoms with Crippen LogP contribution in [0.15, 0.2) is 17.9 Å². The quantitative estimate of drug-likeness (QED) is 0.813. The molecule has 3 aliphatic heterocycles. The van der Waals surface area contributed by atoms with Crippen LogP contribution in [-0.2, 0) is 19.2 Å². The molecule has 3 heterocycles. The van der Waals surface area contributed by atoms with E-state index in [-0.39, 0.29) is 17.8 Å². The van der Waals surface area contributed by atoms with Crippen molar-refractivity contribution in [1.29, 1.82) is 0 Å². The number of hydrogen-bond donors (Lipinski definition) is 1. The number of aliphatic hydroxyl groups excluding tert-OH is 1. The average Bonchev–Trinajstić information content (AvgIpc) is 2.91. The molecule has 0 bridgehead atoms. The Balaban J connectivity index is 1.76. The van der Waals surface area contributed by atoms with Gasteiger partial charge in [0.2, 0.25) is 0 Å². The monoisotopic (exact) mass is 416 g/mol. The van der Waals surface area contributed by atoms with Gasteiger partial charge in [0, 0.05) is 26.3 Å². The molecule has 0 atom stereocenters. The Bertz CT molecular complexity index is 828. The number of aliphatic hydroxyl groups is 1. The van der Waals surface area contributed by atoms with Crippen molar-refractivity contribution < 1.29 is 24.3 Å². The van der Waals surface area contributed by atoms with Gasteiger partial charge in [-0.3, -0.25) is 9.63 Å². The van der Waals surface area contributed by atoms with Crippen LogP contribution >= 0.6 is 0 Å². The van der Waals surface area contributed by atoms with Gasteiger partial charge >= 0.3 is 0 Å². The van der Waals surface area contributed by atoms with Crippen molar-refractivity contribution in [1.82, 2.24) is 10.1 Å². The summed E-state index contributed by atoms with van der Waals surface area (Å²) in [4.78, 5) is 25.4. The lowest BCUT2D eigenvalue weighted by Crippen LogP contribution is -2.56. The maximum absolute atomic E-state index is 13.7. The minimum absolute atomic E-state index is 0.0904. The Morgan fingerprint density at radius 2 is 1.70 bits per heavy atom. The van der Waals surface area contributed by atoms with Crippen LogP contribution in [-0.4, -0.2) is 66.2 Å². The maximum atomic E-state index is 13.7. The second-order valence-corrected chi connectivity index (χ2v) is 8.66. The van der Waals surface area contributed by atoms with E-state index in [0.29, 0.717) is 44.7 Å². The molecule has 1 aromatic rings. The van der Waals surface area contributed by atoms with Crippen molar-refractivity contribution in [2.75, 3.05) is 33.4 Å². The molecule has 2 fully saturated rings. The van der Waals surface area contributed by atoms with Crippen LogP contribution in [0.25, 0.3) is 5.57 Å². The summed E-state index contributed by atoms with van der Waals surface area (Å²) in [6.45, 7) is 8.49. The van der Waals surface area contributed by atoms with Crippen molar-refractivity contribution >= 4 is 11.5 Å². The number of hydrogen-bond acceptors (Lipinski definition) is 6. The van der Waals surface area contributed by atoms with E-state index >= 15 is 0 Å². The van der Waals surface area contributed by atoms with Crippen LogP contribution in [0.4, 0.5) is 0 Å². The number of benzene rings is 1. The number of rotatable bonds is 4. The molecular formula is C23H32N2O5. The van der Waals surface area contributed by atoms with Crippen molar-refractivity contribution in [3.05, 3.63) is 40.1 Å². The van der Waals surface area contributed by atoms with Crippen molar-refractivity contribution in [2.45, 2.75) is 58.1 Å². The zero-order valence-corrected chi connectivity index (χ0v) is 18.4. The van der Waals surface area contributed by atoms with Gasteiger partial charge in [0.25, 0.3) is 5.91 Å². The van der Waals surface area contributed by atoms with Gasteiger partial charge in [-0.25, -0.2) is 5.06 Å². The Morgan fingerprint density at radius 3 is 2.27 bits per heavy atom. The normalized spacial score (nSPS) is 23.1. The maximum Gasteiger partial charge on any atom is 0.282 e. The molecule has 1 aromatic carbocycles. The first-order chi connectivity index (χ1) is 14.4. The lowest BCUT2D eigenvalue weighted by molar-refractivity contribution is -0.258. The SMILES string of the molecule is CON1CCC2(CC1)C(O)=C(c1c(C)cc(C)cc1C)C(=O)N2OC1CCOCC1. The van der Waals surface area contributed by atoms with Crippen LogP contribution in [0.3, 0.4) is 0 Å². The summed E-state index contributed by atoms with van der Waals surface area (Å²) in [7, 11) is 1.65. The Labute approximate surface area is 178 Å². The summed E-state index contributed by atoms with van der Waals surface area (Å²) in [6.07, 6.45) is 2.49. The number of aryl methyl sites for hydroxylation is 3. The highest BCUT2D eigenvalue weighted by Crippen LogP contribution is 2.47. The fraction of sp³-hybridized carbons (Fsp3) is 0.609. The highest BCUT2D eigenvalue weighted by Gasteiger charge is 2.56. The predicted octanol–water partition coefficient (Wildman–Crippen LogP) is 3.23. The fourth-order valence-electron chi connectivity index (χ4n) is 5.08. The number of hydroxylamine groups is 4. The van der Waals surface area contributed by atoms with Gasteiger partial charge < -0.3 is 14.7 Å². The third-order valence-electron chi connectivity index (χ3n) is 6.62. The van der Waals surface area contributed by atoms with E-state index in [1.54, 1.807) is 7.11 Å². The molecule has 7 heteroatoms. The van der Waals surface area contributed by atoms with E-state index in [0.717, 1.165) is 35.1 Å². The van der Waals surface area contributed by atoms with Crippen LogP contribution in [0.5, 0.6) is 0 Å². The molecule has 4 rings (SSSR count).